The van der Waals surface area contributed by atoms with Crippen LogP contribution in [0.3, 0.4) is 0 Å². The predicted octanol–water partition coefficient (Wildman–Crippen LogP) is 1.54. The number of aromatic amines is 1. The molecule has 8 heteroatoms. The molecule has 2 aromatic heterocycles. The third-order valence-electron chi connectivity index (χ3n) is 2.69. The number of amides is 2. The van der Waals surface area contributed by atoms with E-state index in [2.05, 4.69) is 15.5 Å². The largest absolute Gasteiger partial charge is 0.451 e. The van der Waals surface area contributed by atoms with Crippen molar-refractivity contribution in [3.63, 3.8) is 0 Å². The van der Waals surface area contributed by atoms with Gasteiger partial charge in [-0.05, 0) is 23.9 Å². The number of carbonyl (C=O) groups is 3. The average molecular weight is 321 g/mol. The lowest BCUT2D eigenvalue weighted by molar-refractivity contribution is -0.123. The summed E-state index contributed by atoms with van der Waals surface area (Å²) in [4.78, 5) is 35.3. The lowest BCUT2D eigenvalue weighted by atomic mass is 10.2. The fourth-order valence-electron chi connectivity index (χ4n) is 1.70. The minimum Gasteiger partial charge on any atom is -0.451 e. The van der Waals surface area contributed by atoms with Crippen molar-refractivity contribution >= 4 is 29.1 Å². The number of rotatable bonds is 6. The van der Waals surface area contributed by atoms with Crippen LogP contribution in [0.25, 0.3) is 0 Å². The smallest absolute Gasteiger partial charge is 0.359 e. The van der Waals surface area contributed by atoms with Crippen molar-refractivity contribution < 1.29 is 19.1 Å². The summed E-state index contributed by atoms with van der Waals surface area (Å²) in [5, 5.41) is 10.4. The van der Waals surface area contributed by atoms with Crippen LogP contribution in [0.2, 0.25) is 0 Å². The molecule has 2 rings (SSSR count). The molecule has 2 heterocycles. The molecule has 2 amide bonds. The third-order valence-corrected chi connectivity index (χ3v) is 3.56. The summed E-state index contributed by atoms with van der Waals surface area (Å²) in [5.74, 6) is -1.91. The Bertz CT molecular complexity index is 663. The van der Waals surface area contributed by atoms with Crippen LogP contribution < -0.4 is 5.32 Å². The van der Waals surface area contributed by atoms with Gasteiger partial charge in [0.25, 0.3) is 11.8 Å². The Morgan fingerprint density at radius 2 is 2.23 bits per heavy atom. The molecule has 0 saturated carbocycles. The molecule has 22 heavy (non-hydrogen) atoms. The van der Waals surface area contributed by atoms with E-state index in [1.54, 1.807) is 23.6 Å². The van der Waals surface area contributed by atoms with Crippen molar-refractivity contribution in [2.24, 2.45) is 0 Å². The summed E-state index contributed by atoms with van der Waals surface area (Å²) < 4.78 is 4.82. The summed E-state index contributed by atoms with van der Waals surface area (Å²) in [5.41, 5.74) is 0.938. The van der Waals surface area contributed by atoms with Gasteiger partial charge in [0.1, 0.15) is 0 Å². The highest BCUT2D eigenvalue weighted by Crippen LogP contribution is 2.07. The number of hydrogen-bond donors (Lipinski definition) is 2. The van der Waals surface area contributed by atoms with Gasteiger partial charge in [0, 0.05) is 5.69 Å². The molecule has 2 aromatic rings. The molecule has 0 bridgehead atoms. The number of thiophene rings is 1. The van der Waals surface area contributed by atoms with E-state index in [1.807, 2.05) is 6.92 Å². The van der Waals surface area contributed by atoms with Crippen LogP contribution >= 0.6 is 11.3 Å². The van der Waals surface area contributed by atoms with Crippen molar-refractivity contribution in [1.82, 2.24) is 15.5 Å². The van der Waals surface area contributed by atoms with Crippen molar-refractivity contribution in [3.8, 4) is 0 Å². The van der Waals surface area contributed by atoms with E-state index in [9.17, 15) is 14.4 Å². The number of nitrogens with one attached hydrogen (secondary N) is 2. The van der Waals surface area contributed by atoms with Gasteiger partial charge in [0.15, 0.2) is 12.3 Å². The number of carbonyl (C=O) groups excluding carboxylic acids is 3. The number of aryl methyl sites for hydroxylation is 1. The maximum absolute atomic E-state index is 11.7. The molecule has 7 nitrogen and oxygen atoms in total. The Morgan fingerprint density at radius 1 is 1.41 bits per heavy atom. The Hall–Kier alpha value is -2.48. The maximum atomic E-state index is 11.7. The van der Waals surface area contributed by atoms with Gasteiger partial charge in [0.2, 0.25) is 0 Å². The first-order valence-electron chi connectivity index (χ1n) is 6.69. The molecule has 0 unspecified atom stereocenters. The minimum atomic E-state index is -0.711. The number of ether oxygens (including phenoxy) is 1. The maximum Gasteiger partial charge on any atom is 0.359 e. The van der Waals surface area contributed by atoms with Gasteiger partial charge in [-0.2, -0.15) is 5.10 Å². The second kappa shape index (κ2) is 7.51. The van der Waals surface area contributed by atoms with Gasteiger partial charge in [-0.25, -0.2) is 4.79 Å². The predicted molar refractivity (Wildman–Crippen MR) is 79.7 cm³/mol. The van der Waals surface area contributed by atoms with E-state index in [-0.39, 0.29) is 5.69 Å². The van der Waals surface area contributed by atoms with Gasteiger partial charge in [-0.1, -0.05) is 19.4 Å². The summed E-state index contributed by atoms with van der Waals surface area (Å²) >= 11 is 1.22. The van der Waals surface area contributed by atoms with Crippen molar-refractivity contribution in [2.45, 2.75) is 19.8 Å². The quantitative estimate of drug-likeness (QED) is 0.786. The van der Waals surface area contributed by atoms with Crippen LogP contribution in [0.5, 0.6) is 0 Å². The van der Waals surface area contributed by atoms with Gasteiger partial charge in [-0.3, -0.25) is 20.0 Å². The zero-order valence-corrected chi connectivity index (χ0v) is 12.7. The van der Waals surface area contributed by atoms with Crippen LogP contribution in [-0.2, 0) is 16.0 Å². The minimum absolute atomic E-state index is 0.112. The lowest BCUT2D eigenvalue weighted by Crippen LogP contribution is -2.33. The SMILES string of the molecule is CCCc1cc(C(=O)OCC(=O)NC(=O)c2cccs2)n[nH]1. The third kappa shape index (κ3) is 4.26. The molecule has 0 atom stereocenters. The molecule has 0 aliphatic heterocycles. The number of esters is 1. The van der Waals surface area contributed by atoms with Gasteiger partial charge < -0.3 is 4.74 Å². The molecule has 116 valence electrons. The molecule has 0 radical (unpaired) electrons. The normalized spacial score (nSPS) is 10.2. The molecule has 0 aliphatic rings. The van der Waals surface area contributed by atoms with Gasteiger partial charge >= 0.3 is 5.97 Å². The van der Waals surface area contributed by atoms with Crippen LogP contribution in [0, 0.1) is 0 Å². The van der Waals surface area contributed by atoms with E-state index in [4.69, 9.17) is 4.74 Å². The fraction of sp³-hybridized carbons (Fsp3) is 0.286. The van der Waals surface area contributed by atoms with E-state index < -0.39 is 24.4 Å². The number of imide groups is 1. The zero-order valence-electron chi connectivity index (χ0n) is 11.9. The topological polar surface area (TPSA) is 101 Å². The number of nitrogens with zero attached hydrogens (tertiary/aromatic N) is 1. The molecule has 0 fully saturated rings. The molecule has 0 aliphatic carbocycles. The van der Waals surface area contributed by atoms with Gasteiger partial charge in [0.05, 0.1) is 4.88 Å². The second-order valence-electron chi connectivity index (χ2n) is 4.46. The van der Waals surface area contributed by atoms with E-state index in [0.717, 1.165) is 18.5 Å². The first-order valence-corrected chi connectivity index (χ1v) is 7.57. The molecule has 2 N–H and O–H groups in total. The molecular formula is C14H15N3O4S. The highest BCUT2D eigenvalue weighted by atomic mass is 32.1. The number of aromatic nitrogens is 2. The highest BCUT2D eigenvalue weighted by molar-refractivity contribution is 7.12. The average Bonchev–Trinajstić information content (AvgIpc) is 3.16. The first-order chi connectivity index (χ1) is 10.6. The molecule has 0 saturated heterocycles. The summed E-state index contributed by atoms with van der Waals surface area (Å²) in [7, 11) is 0. The molecule has 0 spiro atoms. The first kappa shape index (κ1) is 15.9. The number of H-pyrrole nitrogens is 1. The number of hydrogen-bond acceptors (Lipinski definition) is 6. The summed E-state index contributed by atoms with van der Waals surface area (Å²) in [6, 6.07) is 4.88. The van der Waals surface area contributed by atoms with Crippen LogP contribution in [-0.4, -0.2) is 34.6 Å². The van der Waals surface area contributed by atoms with E-state index in [0.29, 0.717) is 4.88 Å². The highest BCUT2D eigenvalue weighted by Gasteiger charge is 2.16. The zero-order chi connectivity index (χ0) is 15.9. The van der Waals surface area contributed by atoms with E-state index in [1.165, 1.54) is 11.3 Å². The van der Waals surface area contributed by atoms with E-state index >= 15 is 0 Å². The Kier molecular flexibility index (Phi) is 5.42. The van der Waals surface area contributed by atoms with Crippen LogP contribution in [0.4, 0.5) is 0 Å². The fourth-order valence-corrected chi connectivity index (χ4v) is 2.32. The van der Waals surface area contributed by atoms with Crippen molar-refractivity contribution in [1.29, 1.82) is 0 Å². The van der Waals surface area contributed by atoms with Crippen molar-refractivity contribution in [3.05, 3.63) is 39.8 Å². The Labute approximate surface area is 130 Å². The van der Waals surface area contributed by atoms with Crippen molar-refractivity contribution in [2.75, 3.05) is 6.61 Å². The second-order valence-corrected chi connectivity index (χ2v) is 5.41. The standard InChI is InChI=1S/C14H15N3O4S/c1-2-4-9-7-10(17-16-9)14(20)21-8-12(18)15-13(19)11-5-3-6-22-11/h3,5-7H,2,4,8H2,1H3,(H,16,17)(H,15,18,19). The lowest BCUT2D eigenvalue weighted by Gasteiger charge is -2.03. The van der Waals surface area contributed by atoms with Crippen LogP contribution in [0.1, 0.15) is 39.2 Å². The Morgan fingerprint density at radius 3 is 2.91 bits per heavy atom. The summed E-state index contributed by atoms with van der Waals surface area (Å²) in [6.07, 6.45) is 1.69. The molecule has 0 aromatic carbocycles. The molecular weight excluding hydrogens is 306 g/mol. The Balaban J connectivity index is 1.80. The van der Waals surface area contributed by atoms with Gasteiger partial charge in [-0.15, -0.1) is 11.3 Å². The summed E-state index contributed by atoms with van der Waals surface area (Å²) in [6.45, 7) is 1.47. The monoisotopic (exact) mass is 321 g/mol. The van der Waals surface area contributed by atoms with Crippen LogP contribution in [0.15, 0.2) is 23.6 Å².